The molecule has 0 saturated heterocycles. The largest absolute Gasteiger partial charge is 0.497 e. The average Bonchev–Trinajstić information content (AvgIpc) is 3.68. The van der Waals surface area contributed by atoms with E-state index in [2.05, 4.69) is 17.7 Å². The predicted octanol–water partition coefficient (Wildman–Crippen LogP) is 4.21. The first kappa shape index (κ1) is 24.8. The van der Waals surface area contributed by atoms with E-state index in [1.807, 2.05) is 59.3 Å². The number of aliphatic hydroxyl groups excluding tert-OH is 1. The van der Waals surface area contributed by atoms with Crippen LogP contribution in [0.4, 0.5) is 0 Å². The first-order chi connectivity index (χ1) is 17.1. The Balaban J connectivity index is 1.66. The Morgan fingerprint density at radius 1 is 1.14 bits per heavy atom. The van der Waals surface area contributed by atoms with Gasteiger partial charge in [0.1, 0.15) is 18.1 Å². The van der Waals surface area contributed by atoms with E-state index in [-0.39, 0.29) is 13.2 Å². The lowest BCUT2D eigenvalue weighted by Crippen LogP contribution is -2.36. The highest BCUT2D eigenvalue weighted by Gasteiger charge is 2.33. The molecule has 1 aliphatic rings. The van der Waals surface area contributed by atoms with Crippen molar-refractivity contribution in [3.8, 4) is 35.4 Å². The Morgan fingerprint density at radius 2 is 1.86 bits per heavy atom. The van der Waals surface area contributed by atoms with Gasteiger partial charge < -0.3 is 19.3 Å². The van der Waals surface area contributed by atoms with E-state index in [1.165, 1.54) is 0 Å². The van der Waals surface area contributed by atoms with Crippen LogP contribution in [-0.2, 0) is 17.7 Å². The minimum atomic E-state index is -0.621. The molecule has 2 aromatic carbocycles. The van der Waals surface area contributed by atoms with Gasteiger partial charge in [0.2, 0.25) is 5.88 Å². The highest BCUT2D eigenvalue weighted by molar-refractivity contribution is 5.44. The van der Waals surface area contributed by atoms with Crippen LogP contribution < -0.4 is 9.47 Å². The number of ether oxygens (including phenoxy) is 3. The number of aryl methyl sites for hydroxylation is 1. The number of benzene rings is 2. The minimum Gasteiger partial charge on any atom is -0.497 e. The minimum absolute atomic E-state index is 0.199. The Bertz CT molecular complexity index is 1120. The molecular weight excluding hydrogens is 442 g/mol. The molecule has 1 saturated carbocycles. The molecule has 1 aliphatic carbocycles. The molecule has 0 aliphatic heterocycles. The fraction of sp³-hybridized carbons (Fsp3) is 0.393. The standard InChI is InChI=1S/C28H33N3O4/c1-4-17-34-20-23(32)18-30(21-11-12-21)19-26-27(5-2)29-31(22-9-7-6-8-10-22)28(26)35-25-15-13-24(33-3)14-16-25/h1,6-10,13-16,21,23,32H,5,11-12,17-20H2,2-3H3/t23-/m1/s1. The van der Waals surface area contributed by atoms with Crippen molar-refractivity contribution >= 4 is 0 Å². The number of methoxy groups -OCH3 is 1. The van der Waals surface area contributed by atoms with Gasteiger partial charge in [-0.15, -0.1) is 6.42 Å². The van der Waals surface area contributed by atoms with Gasteiger partial charge >= 0.3 is 0 Å². The van der Waals surface area contributed by atoms with Crippen LogP contribution in [0.25, 0.3) is 5.69 Å². The number of aromatic nitrogens is 2. The molecule has 7 heteroatoms. The molecule has 1 aromatic heterocycles. The van der Waals surface area contributed by atoms with Crippen molar-refractivity contribution in [2.45, 2.75) is 44.9 Å². The van der Waals surface area contributed by atoms with Gasteiger partial charge in [-0.2, -0.15) is 5.10 Å². The third-order valence-corrected chi connectivity index (χ3v) is 5.99. The SMILES string of the molecule is C#CCOC[C@H](O)CN(Cc1c(CC)nn(-c2ccccc2)c1Oc1ccc(OC)cc1)C1CC1. The Labute approximate surface area is 207 Å². The lowest BCUT2D eigenvalue weighted by Gasteiger charge is -2.25. The first-order valence-corrected chi connectivity index (χ1v) is 12.0. The summed E-state index contributed by atoms with van der Waals surface area (Å²) in [5.41, 5.74) is 2.93. The summed E-state index contributed by atoms with van der Waals surface area (Å²) in [7, 11) is 1.64. The lowest BCUT2D eigenvalue weighted by molar-refractivity contribution is 0.0240. The molecule has 0 unspecified atom stereocenters. The normalized spacial score (nSPS) is 14.0. The number of rotatable bonds is 13. The van der Waals surface area contributed by atoms with Gasteiger partial charge in [0.15, 0.2) is 0 Å². The number of para-hydroxylation sites is 1. The molecule has 0 bridgehead atoms. The Hall–Kier alpha value is -3.31. The fourth-order valence-corrected chi connectivity index (χ4v) is 4.09. The van der Waals surface area contributed by atoms with E-state index in [1.54, 1.807) is 7.11 Å². The summed E-state index contributed by atoms with van der Waals surface area (Å²) in [5.74, 6) is 4.59. The second-order valence-corrected chi connectivity index (χ2v) is 8.64. The lowest BCUT2D eigenvalue weighted by atomic mass is 10.1. The van der Waals surface area contributed by atoms with Crippen molar-refractivity contribution in [2.24, 2.45) is 0 Å². The fourth-order valence-electron chi connectivity index (χ4n) is 4.09. The van der Waals surface area contributed by atoms with E-state index in [0.29, 0.717) is 30.8 Å². The Kier molecular flexibility index (Phi) is 8.43. The monoisotopic (exact) mass is 475 g/mol. The van der Waals surface area contributed by atoms with Gasteiger partial charge in [0, 0.05) is 19.1 Å². The zero-order chi connectivity index (χ0) is 24.6. The van der Waals surface area contributed by atoms with E-state index < -0.39 is 6.10 Å². The second-order valence-electron chi connectivity index (χ2n) is 8.64. The van der Waals surface area contributed by atoms with Gasteiger partial charge in [-0.05, 0) is 55.7 Å². The van der Waals surface area contributed by atoms with Crippen molar-refractivity contribution < 1.29 is 19.3 Å². The van der Waals surface area contributed by atoms with Gasteiger partial charge in [0.25, 0.3) is 0 Å². The van der Waals surface area contributed by atoms with Crippen LogP contribution in [0.3, 0.4) is 0 Å². The molecule has 0 amide bonds. The topological polar surface area (TPSA) is 69.0 Å². The van der Waals surface area contributed by atoms with Gasteiger partial charge in [-0.25, -0.2) is 4.68 Å². The average molecular weight is 476 g/mol. The zero-order valence-corrected chi connectivity index (χ0v) is 20.4. The number of aliphatic hydroxyl groups is 1. The molecule has 0 spiro atoms. The second kappa shape index (κ2) is 11.9. The van der Waals surface area contributed by atoms with Gasteiger partial charge in [-0.1, -0.05) is 31.0 Å². The molecule has 4 rings (SSSR count). The molecular formula is C28H33N3O4. The number of terminal acetylenes is 1. The van der Waals surface area contributed by atoms with Crippen LogP contribution in [0.5, 0.6) is 17.4 Å². The molecule has 0 radical (unpaired) electrons. The molecule has 3 aromatic rings. The van der Waals surface area contributed by atoms with Crippen molar-refractivity contribution in [1.82, 2.24) is 14.7 Å². The summed E-state index contributed by atoms with van der Waals surface area (Å²) in [6, 6.07) is 18.0. The summed E-state index contributed by atoms with van der Waals surface area (Å²) < 4.78 is 19.0. The van der Waals surface area contributed by atoms with Crippen LogP contribution in [0.2, 0.25) is 0 Å². The van der Waals surface area contributed by atoms with E-state index in [9.17, 15) is 5.11 Å². The number of hydrogen-bond acceptors (Lipinski definition) is 6. The summed E-state index contributed by atoms with van der Waals surface area (Å²) in [4.78, 5) is 2.30. The van der Waals surface area contributed by atoms with Crippen molar-refractivity contribution in [2.75, 3.05) is 26.9 Å². The molecule has 7 nitrogen and oxygen atoms in total. The summed E-state index contributed by atoms with van der Waals surface area (Å²) in [5, 5.41) is 15.5. The van der Waals surface area contributed by atoms with Crippen molar-refractivity contribution in [3.63, 3.8) is 0 Å². The van der Waals surface area contributed by atoms with Gasteiger partial charge in [-0.3, -0.25) is 4.90 Å². The smallest absolute Gasteiger partial charge is 0.227 e. The highest BCUT2D eigenvalue weighted by Crippen LogP contribution is 2.35. The summed E-state index contributed by atoms with van der Waals surface area (Å²) in [6.45, 7) is 3.63. The molecule has 184 valence electrons. The van der Waals surface area contributed by atoms with E-state index in [4.69, 9.17) is 25.7 Å². The molecule has 1 N–H and O–H groups in total. The Morgan fingerprint density at radius 3 is 2.49 bits per heavy atom. The summed E-state index contributed by atoms with van der Waals surface area (Å²) >= 11 is 0. The molecule has 35 heavy (non-hydrogen) atoms. The van der Waals surface area contributed by atoms with E-state index in [0.717, 1.165) is 42.0 Å². The summed E-state index contributed by atoms with van der Waals surface area (Å²) in [6.07, 6.45) is 7.62. The molecule has 1 atom stereocenters. The predicted molar refractivity (Wildman–Crippen MR) is 135 cm³/mol. The third kappa shape index (κ3) is 6.43. The van der Waals surface area contributed by atoms with Crippen LogP contribution in [0, 0.1) is 12.3 Å². The third-order valence-electron chi connectivity index (χ3n) is 5.99. The molecule has 1 heterocycles. The van der Waals surface area contributed by atoms with E-state index >= 15 is 0 Å². The van der Waals surface area contributed by atoms with Crippen LogP contribution in [-0.4, -0.2) is 58.8 Å². The van der Waals surface area contributed by atoms with Crippen LogP contribution in [0.15, 0.2) is 54.6 Å². The zero-order valence-electron chi connectivity index (χ0n) is 20.4. The number of hydrogen-bond donors (Lipinski definition) is 1. The van der Waals surface area contributed by atoms with Gasteiger partial charge in [0.05, 0.1) is 36.8 Å². The van der Waals surface area contributed by atoms with Crippen molar-refractivity contribution in [3.05, 3.63) is 65.9 Å². The highest BCUT2D eigenvalue weighted by atomic mass is 16.5. The quantitative estimate of drug-likeness (QED) is 0.295. The first-order valence-electron chi connectivity index (χ1n) is 12.0. The van der Waals surface area contributed by atoms with Crippen LogP contribution >= 0.6 is 0 Å². The van der Waals surface area contributed by atoms with Crippen LogP contribution in [0.1, 0.15) is 31.0 Å². The number of nitrogens with zero attached hydrogens (tertiary/aromatic N) is 3. The molecule has 1 fully saturated rings. The van der Waals surface area contributed by atoms with Crippen molar-refractivity contribution in [1.29, 1.82) is 0 Å². The maximum absolute atomic E-state index is 10.6. The maximum atomic E-state index is 10.6. The maximum Gasteiger partial charge on any atom is 0.227 e.